The molecular formula is C15H16N2O2. The van der Waals surface area contributed by atoms with Crippen LogP contribution in [0.3, 0.4) is 0 Å². The summed E-state index contributed by atoms with van der Waals surface area (Å²) >= 11 is 0. The van der Waals surface area contributed by atoms with Crippen LogP contribution >= 0.6 is 0 Å². The van der Waals surface area contributed by atoms with Gasteiger partial charge in [-0.1, -0.05) is 18.2 Å². The number of rotatable bonds is 3. The van der Waals surface area contributed by atoms with Crippen molar-refractivity contribution in [2.75, 3.05) is 19.0 Å². The minimum atomic E-state index is 0.261. The first kappa shape index (κ1) is 11.8. The van der Waals surface area contributed by atoms with Crippen LogP contribution in [0.2, 0.25) is 0 Å². The summed E-state index contributed by atoms with van der Waals surface area (Å²) in [6.07, 6.45) is 2.69. The van der Waals surface area contributed by atoms with Gasteiger partial charge in [-0.25, -0.2) is 4.98 Å². The van der Waals surface area contributed by atoms with Crippen molar-refractivity contribution in [1.82, 2.24) is 4.98 Å². The van der Waals surface area contributed by atoms with Crippen LogP contribution in [0.5, 0.6) is 11.6 Å². The van der Waals surface area contributed by atoms with Crippen LogP contribution in [0.4, 0.5) is 5.69 Å². The van der Waals surface area contributed by atoms with E-state index < -0.39 is 0 Å². The predicted octanol–water partition coefficient (Wildman–Crippen LogP) is 3.03. The Morgan fingerprint density at radius 3 is 3.11 bits per heavy atom. The van der Waals surface area contributed by atoms with E-state index in [0.717, 1.165) is 24.5 Å². The van der Waals surface area contributed by atoms with E-state index in [0.29, 0.717) is 5.88 Å². The van der Waals surface area contributed by atoms with Gasteiger partial charge in [-0.3, -0.25) is 0 Å². The summed E-state index contributed by atoms with van der Waals surface area (Å²) in [5.74, 6) is 1.58. The van der Waals surface area contributed by atoms with Gasteiger partial charge in [0.15, 0.2) is 0 Å². The fourth-order valence-corrected chi connectivity index (χ4v) is 2.30. The van der Waals surface area contributed by atoms with E-state index in [2.05, 4.69) is 16.4 Å². The van der Waals surface area contributed by atoms with Crippen LogP contribution in [0.1, 0.15) is 18.0 Å². The first-order valence-electron chi connectivity index (χ1n) is 6.35. The fraction of sp³-hybridized carbons (Fsp3) is 0.267. The molecule has 1 unspecified atom stereocenters. The van der Waals surface area contributed by atoms with E-state index in [4.69, 9.17) is 9.47 Å². The zero-order valence-electron chi connectivity index (χ0n) is 10.8. The van der Waals surface area contributed by atoms with Crippen molar-refractivity contribution in [3.8, 4) is 11.6 Å². The third-order valence-electron chi connectivity index (χ3n) is 3.24. The van der Waals surface area contributed by atoms with E-state index in [-0.39, 0.29) is 6.04 Å². The molecule has 0 spiro atoms. The molecule has 1 N–H and O–H groups in total. The Morgan fingerprint density at radius 1 is 1.32 bits per heavy atom. The van der Waals surface area contributed by atoms with E-state index in [1.165, 1.54) is 5.56 Å². The number of fused-ring (bicyclic) bond motifs is 1. The lowest BCUT2D eigenvalue weighted by Gasteiger charge is -2.27. The lowest BCUT2D eigenvalue weighted by atomic mass is 10.0. The van der Waals surface area contributed by atoms with Crippen LogP contribution in [0, 0.1) is 0 Å². The second-order valence-electron chi connectivity index (χ2n) is 4.46. The number of hydrogen-bond acceptors (Lipinski definition) is 4. The van der Waals surface area contributed by atoms with Gasteiger partial charge in [0.05, 0.1) is 19.8 Å². The van der Waals surface area contributed by atoms with Crippen LogP contribution in [0.25, 0.3) is 0 Å². The van der Waals surface area contributed by atoms with Crippen LogP contribution in [0.15, 0.2) is 42.6 Å². The topological polar surface area (TPSA) is 43.4 Å². The Bertz CT molecular complexity index is 572. The fourth-order valence-electron chi connectivity index (χ4n) is 2.30. The Hall–Kier alpha value is -2.23. The molecule has 1 aromatic carbocycles. The lowest BCUT2D eigenvalue weighted by molar-refractivity contribution is 0.274. The Balaban J connectivity index is 1.84. The molecule has 0 saturated carbocycles. The van der Waals surface area contributed by atoms with E-state index in [1.54, 1.807) is 13.3 Å². The summed E-state index contributed by atoms with van der Waals surface area (Å²) in [5, 5.41) is 3.51. The monoisotopic (exact) mass is 256 g/mol. The number of pyridine rings is 1. The van der Waals surface area contributed by atoms with Crippen molar-refractivity contribution >= 4 is 5.69 Å². The third-order valence-corrected chi connectivity index (χ3v) is 3.24. The molecule has 2 heterocycles. The average Bonchev–Trinajstić information content (AvgIpc) is 2.48. The Kier molecular flexibility index (Phi) is 3.23. The summed E-state index contributed by atoms with van der Waals surface area (Å²) < 4.78 is 10.8. The zero-order chi connectivity index (χ0) is 13.1. The number of nitrogens with one attached hydrogen (secondary N) is 1. The normalized spacial score (nSPS) is 17.2. The van der Waals surface area contributed by atoms with Crippen molar-refractivity contribution in [3.63, 3.8) is 0 Å². The van der Waals surface area contributed by atoms with E-state index >= 15 is 0 Å². The molecule has 2 aromatic rings. The molecule has 1 aliphatic heterocycles. The molecule has 0 saturated heterocycles. The largest absolute Gasteiger partial charge is 0.493 e. The van der Waals surface area contributed by atoms with Crippen molar-refractivity contribution in [2.24, 2.45) is 0 Å². The molecule has 0 aliphatic carbocycles. The van der Waals surface area contributed by atoms with Gasteiger partial charge in [0.25, 0.3) is 0 Å². The number of aromatic nitrogens is 1. The number of methoxy groups -OCH3 is 1. The van der Waals surface area contributed by atoms with E-state index in [1.807, 2.05) is 30.3 Å². The average molecular weight is 256 g/mol. The number of benzene rings is 1. The van der Waals surface area contributed by atoms with Gasteiger partial charge in [0, 0.05) is 29.9 Å². The van der Waals surface area contributed by atoms with Gasteiger partial charge in [-0.15, -0.1) is 0 Å². The maximum Gasteiger partial charge on any atom is 0.214 e. The smallest absolute Gasteiger partial charge is 0.214 e. The minimum absolute atomic E-state index is 0.261. The Morgan fingerprint density at radius 2 is 2.21 bits per heavy atom. The molecule has 4 nitrogen and oxygen atoms in total. The van der Waals surface area contributed by atoms with Crippen molar-refractivity contribution in [3.05, 3.63) is 48.2 Å². The summed E-state index contributed by atoms with van der Waals surface area (Å²) in [5.41, 5.74) is 2.21. The summed E-state index contributed by atoms with van der Waals surface area (Å²) in [4.78, 5) is 4.11. The quantitative estimate of drug-likeness (QED) is 0.916. The van der Waals surface area contributed by atoms with Crippen LogP contribution in [-0.2, 0) is 0 Å². The zero-order valence-corrected chi connectivity index (χ0v) is 10.8. The molecule has 3 rings (SSSR count). The first-order chi connectivity index (χ1) is 9.36. The van der Waals surface area contributed by atoms with E-state index in [9.17, 15) is 0 Å². The lowest BCUT2D eigenvalue weighted by Crippen LogP contribution is -2.20. The highest BCUT2D eigenvalue weighted by Gasteiger charge is 2.20. The number of anilines is 1. The molecule has 98 valence electrons. The molecule has 4 heteroatoms. The van der Waals surface area contributed by atoms with Crippen molar-refractivity contribution < 1.29 is 9.47 Å². The molecule has 0 radical (unpaired) electrons. The number of ether oxygens (including phenoxy) is 2. The molecule has 0 bridgehead atoms. The number of hydrogen-bond donors (Lipinski definition) is 1. The highest BCUT2D eigenvalue weighted by molar-refractivity contribution is 5.49. The van der Waals surface area contributed by atoms with Gasteiger partial charge in [-0.2, -0.15) is 0 Å². The molecule has 0 fully saturated rings. The number of para-hydroxylation sites is 1. The molecule has 1 aliphatic rings. The highest BCUT2D eigenvalue weighted by Crippen LogP contribution is 2.34. The van der Waals surface area contributed by atoms with Gasteiger partial charge in [0.2, 0.25) is 5.88 Å². The second-order valence-corrected chi connectivity index (χ2v) is 4.46. The maximum absolute atomic E-state index is 5.66. The molecule has 1 atom stereocenters. The van der Waals surface area contributed by atoms with Crippen LogP contribution in [-0.4, -0.2) is 18.7 Å². The molecule has 19 heavy (non-hydrogen) atoms. The molecule has 0 amide bonds. The standard InChI is InChI=1S/C15H16N2O2/c1-18-15-10-11(6-8-16-15)17-13-7-9-19-14-5-3-2-4-12(13)14/h2-6,8,10,13H,7,9H2,1H3,(H,16,17). The van der Waals surface area contributed by atoms with Gasteiger partial charge in [-0.05, 0) is 12.1 Å². The maximum atomic E-state index is 5.66. The summed E-state index contributed by atoms with van der Waals surface area (Å²) in [6, 6.07) is 12.3. The predicted molar refractivity (Wildman–Crippen MR) is 73.7 cm³/mol. The van der Waals surface area contributed by atoms with Gasteiger partial charge in [0.1, 0.15) is 5.75 Å². The van der Waals surface area contributed by atoms with Crippen molar-refractivity contribution in [2.45, 2.75) is 12.5 Å². The third kappa shape index (κ3) is 2.47. The second kappa shape index (κ2) is 5.18. The van der Waals surface area contributed by atoms with Crippen molar-refractivity contribution in [1.29, 1.82) is 0 Å². The summed E-state index contributed by atoms with van der Waals surface area (Å²) in [7, 11) is 1.62. The van der Waals surface area contributed by atoms with Gasteiger partial charge < -0.3 is 14.8 Å². The molecule has 1 aromatic heterocycles. The first-order valence-corrected chi connectivity index (χ1v) is 6.35. The van der Waals surface area contributed by atoms with Gasteiger partial charge >= 0.3 is 0 Å². The SMILES string of the molecule is COc1cc(NC2CCOc3ccccc32)ccn1. The number of nitrogens with zero attached hydrogens (tertiary/aromatic N) is 1. The minimum Gasteiger partial charge on any atom is -0.493 e. The summed E-state index contributed by atoms with van der Waals surface area (Å²) in [6.45, 7) is 0.733. The Labute approximate surface area is 112 Å². The van der Waals surface area contributed by atoms with Crippen LogP contribution < -0.4 is 14.8 Å². The molecular weight excluding hydrogens is 240 g/mol. The highest BCUT2D eigenvalue weighted by atomic mass is 16.5.